The Morgan fingerprint density at radius 2 is 2.04 bits per heavy atom. The van der Waals surface area contributed by atoms with E-state index >= 15 is 0 Å². The number of aromatic nitrogens is 2. The molecule has 28 heavy (non-hydrogen) atoms. The van der Waals surface area contributed by atoms with Crippen LogP contribution in [0.15, 0.2) is 17.1 Å². The van der Waals surface area contributed by atoms with Gasteiger partial charge in [-0.25, -0.2) is 24.2 Å². The van der Waals surface area contributed by atoms with E-state index in [2.05, 4.69) is 14.8 Å². The SMILES string of the molecule is [C-]#[N+]c1ccc([C@]23CN(c4nc(C)c(F)c(C)n4)C[C@H]2C(=O)N(C)C(N)=N3)s1. The maximum Gasteiger partial charge on any atom is 0.241 e. The van der Waals surface area contributed by atoms with Crippen molar-refractivity contribution in [3.05, 3.63) is 45.6 Å². The molecule has 1 amide bonds. The van der Waals surface area contributed by atoms with Gasteiger partial charge in [-0.15, -0.1) is 0 Å². The van der Waals surface area contributed by atoms with Gasteiger partial charge in [-0.2, -0.15) is 11.3 Å². The van der Waals surface area contributed by atoms with Crippen LogP contribution in [0.3, 0.4) is 0 Å². The van der Waals surface area contributed by atoms with Gasteiger partial charge in [0, 0.05) is 18.5 Å². The third kappa shape index (κ3) is 2.54. The van der Waals surface area contributed by atoms with Crippen molar-refractivity contribution in [1.82, 2.24) is 14.9 Å². The molecule has 2 aliphatic heterocycles. The Labute approximate surface area is 165 Å². The lowest BCUT2D eigenvalue weighted by atomic mass is 9.84. The quantitative estimate of drug-likeness (QED) is 0.780. The normalized spacial score (nSPS) is 24.2. The smallest absolute Gasteiger partial charge is 0.241 e. The van der Waals surface area contributed by atoms with E-state index in [1.54, 1.807) is 27.0 Å². The number of hydrogen-bond acceptors (Lipinski definition) is 7. The predicted octanol–water partition coefficient (Wildman–Crippen LogP) is 1.96. The molecule has 4 rings (SSSR count). The van der Waals surface area contributed by atoms with Crippen molar-refractivity contribution in [3.63, 3.8) is 0 Å². The molecule has 0 unspecified atom stereocenters. The van der Waals surface area contributed by atoms with E-state index in [0.29, 0.717) is 24.0 Å². The van der Waals surface area contributed by atoms with E-state index in [4.69, 9.17) is 17.3 Å². The number of thiophene rings is 1. The largest absolute Gasteiger partial charge is 0.369 e. The third-order valence-corrected chi connectivity index (χ3v) is 6.43. The highest BCUT2D eigenvalue weighted by Crippen LogP contribution is 2.48. The van der Waals surface area contributed by atoms with E-state index in [1.807, 2.05) is 11.0 Å². The lowest BCUT2D eigenvalue weighted by Gasteiger charge is -2.36. The first kappa shape index (κ1) is 18.3. The van der Waals surface area contributed by atoms with Gasteiger partial charge >= 0.3 is 0 Å². The predicted molar refractivity (Wildman–Crippen MR) is 104 cm³/mol. The van der Waals surface area contributed by atoms with Crippen molar-refractivity contribution in [1.29, 1.82) is 0 Å². The summed E-state index contributed by atoms with van der Waals surface area (Å²) in [4.78, 5) is 33.7. The lowest BCUT2D eigenvalue weighted by Crippen LogP contribution is -2.54. The molecule has 144 valence electrons. The average molecular weight is 399 g/mol. The molecule has 2 N–H and O–H groups in total. The van der Waals surface area contributed by atoms with Crippen LogP contribution in [0.5, 0.6) is 0 Å². The number of hydrogen-bond donors (Lipinski definition) is 1. The Morgan fingerprint density at radius 1 is 1.36 bits per heavy atom. The molecule has 0 saturated carbocycles. The van der Waals surface area contributed by atoms with Gasteiger partial charge in [0.15, 0.2) is 11.8 Å². The van der Waals surface area contributed by atoms with Crippen molar-refractivity contribution >= 4 is 34.2 Å². The first-order valence-corrected chi connectivity index (χ1v) is 9.45. The van der Waals surface area contributed by atoms with Gasteiger partial charge in [0.1, 0.15) is 5.54 Å². The van der Waals surface area contributed by atoms with Crippen LogP contribution in [0.2, 0.25) is 0 Å². The summed E-state index contributed by atoms with van der Waals surface area (Å²) in [5.41, 5.74) is 5.63. The molecule has 8 nitrogen and oxygen atoms in total. The van der Waals surface area contributed by atoms with Crippen molar-refractivity contribution in [2.75, 3.05) is 25.0 Å². The van der Waals surface area contributed by atoms with Crippen molar-refractivity contribution < 1.29 is 9.18 Å². The third-order valence-electron chi connectivity index (χ3n) is 5.28. The molecule has 0 radical (unpaired) electrons. The summed E-state index contributed by atoms with van der Waals surface area (Å²) in [6.07, 6.45) is 0. The van der Waals surface area contributed by atoms with Gasteiger partial charge in [-0.1, -0.05) is 6.07 Å². The molecule has 1 saturated heterocycles. The molecule has 2 aliphatic rings. The summed E-state index contributed by atoms with van der Waals surface area (Å²) >= 11 is 1.30. The van der Waals surface area contributed by atoms with Crippen LogP contribution >= 0.6 is 11.3 Å². The molecule has 4 heterocycles. The maximum atomic E-state index is 14.0. The second kappa shape index (κ2) is 6.24. The van der Waals surface area contributed by atoms with Crippen LogP contribution < -0.4 is 10.6 Å². The Balaban J connectivity index is 1.84. The van der Waals surface area contributed by atoms with E-state index in [1.165, 1.54) is 16.2 Å². The Hall–Kier alpha value is -3.06. The van der Waals surface area contributed by atoms with Gasteiger partial charge in [-0.3, -0.25) is 9.69 Å². The minimum absolute atomic E-state index is 0.133. The van der Waals surface area contributed by atoms with Gasteiger partial charge in [0.2, 0.25) is 16.9 Å². The standard InChI is InChI=1S/C18H18FN7OS/c1-9-14(19)10(2)23-17(22-9)26-7-11-15(27)25(4)16(20)24-18(11,8-26)12-5-6-13(21-3)28-12/h5-6,11H,7-8H2,1-2,4H3,(H2,20,24)/t11-,18-/m0/s1. The fourth-order valence-electron chi connectivity index (χ4n) is 3.76. The number of aliphatic imine (C=N–C) groups is 1. The highest BCUT2D eigenvalue weighted by molar-refractivity contribution is 7.16. The molecule has 2 atom stereocenters. The number of carbonyl (C=O) groups excluding carboxylic acids is 1. The van der Waals surface area contributed by atoms with Crippen LogP contribution in [-0.2, 0) is 10.3 Å². The van der Waals surface area contributed by atoms with Crippen molar-refractivity contribution in [2.45, 2.75) is 19.4 Å². The summed E-state index contributed by atoms with van der Waals surface area (Å²) < 4.78 is 14.0. The highest BCUT2D eigenvalue weighted by atomic mass is 32.1. The Kier molecular flexibility index (Phi) is 4.08. The lowest BCUT2D eigenvalue weighted by molar-refractivity contribution is -0.132. The van der Waals surface area contributed by atoms with E-state index in [9.17, 15) is 9.18 Å². The van der Waals surface area contributed by atoms with Gasteiger partial charge in [-0.05, 0) is 19.9 Å². The van der Waals surface area contributed by atoms with Crippen LogP contribution in [0.4, 0.5) is 15.3 Å². The molecule has 0 spiro atoms. The summed E-state index contributed by atoms with van der Waals surface area (Å²) in [6.45, 7) is 11.1. The number of halogens is 1. The number of carbonyl (C=O) groups is 1. The van der Waals surface area contributed by atoms with Crippen molar-refractivity contribution in [3.8, 4) is 0 Å². The molecule has 2 aromatic heterocycles. The minimum atomic E-state index is -0.916. The zero-order valence-corrected chi connectivity index (χ0v) is 16.4. The minimum Gasteiger partial charge on any atom is -0.369 e. The second-order valence-electron chi connectivity index (χ2n) is 6.98. The molecule has 1 fully saturated rings. The van der Waals surface area contributed by atoms with Crippen LogP contribution in [0.1, 0.15) is 16.3 Å². The topological polar surface area (TPSA) is 92.1 Å². The number of amides is 1. The summed E-state index contributed by atoms with van der Waals surface area (Å²) in [6, 6.07) is 3.55. The monoisotopic (exact) mass is 399 g/mol. The maximum absolute atomic E-state index is 14.0. The summed E-state index contributed by atoms with van der Waals surface area (Å²) in [5, 5.41) is 0.520. The van der Waals surface area contributed by atoms with Gasteiger partial charge in [0.05, 0.1) is 30.4 Å². The van der Waals surface area contributed by atoms with E-state index in [0.717, 1.165) is 4.88 Å². The number of aryl methyl sites for hydroxylation is 2. The summed E-state index contributed by atoms with van der Waals surface area (Å²) in [7, 11) is 1.59. The van der Waals surface area contributed by atoms with E-state index in [-0.39, 0.29) is 23.3 Å². The molecule has 2 aromatic rings. The molecule has 0 aromatic carbocycles. The molecule has 0 aliphatic carbocycles. The molecule has 10 heteroatoms. The molecular formula is C18H18FN7OS. The number of guanidine groups is 1. The first-order valence-electron chi connectivity index (χ1n) is 8.63. The number of fused-ring (bicyclic) bond motifs is 1. The number of nitrogens with two attached hydrogens (primary N) is 1. The van der Waals surface area contributed by atoms with Crippen LogP contribution in [-0.4, -0.2) is 46.9 Å². The zero-order valence-electron chi connectivity index (χ0n) is 15.6. The summed E-state index contributed by atoms with van der Waals surface area (Å²) in [5.74, 6) is -0.600. The zero-order chi connectivity index (χ0) is 20.2. The Morgan fingerprint density at radius 3 is 2.64 bits per heavy atom. The van der Waals surface area contributed by atoms with Gasteiger partial charge < -0.3 is 10.6 Å². The second-order valence-corrected chi connectivity index (χ2v) is 8.04. The number of anilines is 1. The van der Waals surface area contributed by atoms with Crippen LogP contribution in [0, 0.1) is 32.2 Å². The van der Waals surface area contributed by atoms with E-state index < -0.39 is 17.3 Å². The number of rotatable bonds is 2. The average Bonchev–Trinajstić information content (AvgIpc) is 3.29. The van der Waals surface area contributed by atoms with Crippen molar-refractivity contribution in [2.24, 2.45) is 16.6 Å². The Bertz CT molecular complexity index is 1040. The fourth-order valence-corrected chi connectivity index (χ4v) is 4.74. The van der Waals surface area contributed by atoms with Crippen LogP contribution in [0.25, 0.3) is 4.85 Å². The van der Waals surface area contributed by atoms with Gasteiger partial charge in [0.25, 0.3) is 0 Å². The highest BCUT2D eigenvalue weighted by Gasteiger charge is 2.56. The fraction of sp³-hybridized carbons (Fsp3) is 0.389. The molecule has 0 bridgehead atoms. The number of nitrogens with zero attached hydrogens (tertiary/aromatic N) is 6. The molecular weight excluding hydrogens is 381 g/mol. The first-order chi connectivity index (χ1) is 13.3.